The minimum atomic E-state index is -1.28. The van der Waals surface area contributed by atoms with Crippen LogP contribution in [-0.4, -0.2) is 27.7 Å². The van der Waals surface area contributed by atoms with Gasteiger partial charge in [-0.05, 0) is 48.2 Å². The third-order valence-corrected chi connectivity index (χ3v) is 5.69. The van der Waals surface area contributed by atoms with Crippen LogP contribution in [0.5, 0.6) is 0 Å². The van der Waals surface area contributed by atoms with Gasteiger partial charge >= 0.3 is 0 Å². The average molecular weight is 431 g/mol. The van der Waals surface area contributed by atoms with E-state index in [1.54, 1.807) is 31.2 Å². The third-order valence-electron chi connectivity index (χ3n) is 5.69. The summed E-state index contributed by atoms with van der Waals surface area (Å²) in [6.07, 6.45) is 0. The van der Waals surface area contributed by atoms with E-state index in [1.165, 1.54) is 29.2 Å². The number of benzene rings is 2. The molecule has 4 rings (SSSR count). The zero-order valence-electron chi connectivity index (χ0n) is 17.9. The lowest BCUT2D eigenvalue weighted by molar-refractivity contribution is -0.135. The Kier molecular flexibility index (Phi) is 5.65. The number of amides is 1. The van der Waals surface area contributed by atoms with Crippen LogP contribution in [0.1, 0.15) is 53.0 Å². The van der Waals surface area contributed by atoms with E-state index in [1.807, 2.05) is 26.0 Å². The highest BCUT2D eigenvalue weighted by Gasteiger charge is 2.52. The zero-order valence-corrected chi connectivity index (χ0v) is 17.9. The SMILES string of the molecule is Cc1ccc(N2C(=O)C(=O)C(C(=O)c3ccc(C(C)C)cc3)C2c2ccc(F)cc2)nn1. The topological polar surface area (TPSA) is 80.2 Å². The van der Waals surface area contributed by atoms with E-state index in [0.717, 1.165) is 5.56 Å². The average Bonchev–Trinajstić information content (AvgIpc) is 3.05. The van der Waals surface area contributed by atoms with Crippen molar-refractivity contribution in [1.82, 2.24) is 10.2 Å². The van der Waals surface area contributed by atoms with Crippen LogP contribution < -0.4 is 4.90 Å². The molecule has 7 heteroatoms. The summed E-state index contributed by atoms with van der Waals surface area (Å²) in [4.78, 5) is 40.7. The number of carbonyl (C=O) groups is 3. The number of nitrogens with zero attached hydrogens (tertiary/aromatic N) is 3. The molecule has 0 saturated carbocycles. The maximum atomic E-state index is 13.6. The minimum absolute atomic E-state index is 0.161. The molecule has 0 bridgehead atoms. The van der Waals surface area contributed by atoms with Gasteiger partial charge in [0.15, 0.2) is 11.6 Å². The number of carbonyl (C=O) groups excluding carboxylic acids is 3. The molecule has 6 nitrogen and oxygen atoms in total. The minimum Gasteiger partial charge on any atom is -0.293 e. The standard InChI is InChI=1S/C25H22FN3O3/c1-14(2)16-5-7-18(8-6-16)23(30)21-22(17-9-11-19(26)12-10-17)29(25(32)24(21)31)20-13-4-15(3)27-28-20/h4-14,21-22H,1-3H3. The molecule has 1 amide bonds. The number of Topliss-reactive ketones (excluding diaryl/α,β-unsaturated/α-hetero) is 2. The van der Waals surface area contributed by atoms with Gasteiger partial charge in [-0.1, -0.05) is 50.2 Å². The summed E-state index contributed by atoms with van der Waals surface area (Å²) < 4.78 is 13.6. The number of anilines is 1. The van der Waals surface area contributed by atoms with Crippen LogP contribution in [-0.2, 0) is 9.59 Å². The predicted octanol–water partition coefficient (Wildman–Crippen LogP) is 4.20. The van der Waals surface area contributed by atoms with Gasteiger partial charge in [-0.3, -0.25) is 19.3 Å². The van der Waals surface area contributed by atoms with Crippen LogP contribution in [0.15, 0.2) is 60.7 Å². The van der Waals surface area contributed by atoms with Crippen LogP contribution in [0, 0.1) is 18.7 Å². The molecular formula is C25H22FN3O3. The Morgan fingerprint density at radius 2 is 1.59 bits per heavy atom. The number of rotatable bonds is 5. The molecule has 2 heterocycles. The molecule has 1 saturated heterocycles. The molecule has 1 aliphatic rings. The number of aromatic nitrogens is 2. The molecule has 1 fully saturated rings. The molecule has 0 aliphatic carbocycles. The van der Waals surface area contributed by atoms with Gasteiger partial charge in [0, 0.05) is 5.56 Å². The fourth-order valence-electron chi connectivity index (χ4n) is 3.91. The highest BCUT2D eigenvalue weighted by atomic mass is 19.1. The molecule has 2 unspecified atom stereocenters. The molecule has 32 heavy (non-hydrogen) atoms. The highest BCUT2D eigenvalue weighted by Crippen LogP contribution is 2.40. The summed E-state index contributed by atoms with van der Waals surface area (Å²) >= 11 is 0. The summed E-state index contributed by atoms with van der Waals surface area (Å²) in [6, 6.07) is 14.7. The molecule has 0 spiro atoms. The predicted molar refractivity (Wildman–Crippen MR) is 117 cm³/mol. The lowest BCUT2D eigenvalue weighted by atomic mass is 9.86. The molecule has 2 atom stereocenters. The Morgan fingerprint density at radius 3 is 2.16 bits per heavy atom. The smallest absolute Gasteiger partial charge is 0.293 e. The van der Waals surface area contributed by atoms with Crippen molar-refractivity contribution in [3.8, 4) is 0 Å². The van der Waals surface area contributed by atoms with Crippen LogP contribution in [0.3, 0.4) is 0 Å². The number of aryl methyl sites for hydroxylation is 1. The summed E-state index contributed by atoms with van der Waals surface area (Å²) in [6.45, 7) is 5.83. The van der Waals surface area contributed by atoms with E-state index in [2.05, 4.69) is 10.2 Å². The number of halogens is 1. The van der Waals surface area contributed by atoms with Crippen molar-refractivity contribution >= 4 is 23.3 Å². The lowest BCUT2D eigenvalue weighted by Gasteiger charge is -2.26. The van der Waals surface area contributed by atoms with Crippen LogP contribution in [0.25, 0.3) is 0 Å². The number of hydrogen-bond acceptors (Lipinski definition) is 5. The van der Waals surface area contributed by atoms with E-state index < -0.39 is 35.3 Å². The van der Waals surface area contributed by atoms with Crippen molar-refractivity contribution < 1.29 is 18.8 Å². The van der Waals surface area contributed by atoms with Gasteiger partial charge in [0.2, 0.25) is 5.78 Å². The maximum absolute atomic E-state index is 13.6. The van der Waals surface area contributed by atoms with Gasteiger partial charge in [0.25, 0.3) is 5.91 Å². The Hall–Kier alpha value is -3.74. The Morgan fingerprint density at radius 1 is 0.938 bits per heavy atom. The van der Waals surface area contributed by atoms with E-state index in [4.69, 9.17) is 0 Å². The molecular weight excluding hydrogens is 409 g/mol. The molecule has 162 valence electrons. The first-order valence-electron chi connectivity index (χ1n) is 10.4. The summed E-state index contributed by atoms with van der Waals surface area (Å²) in [5, 5.41) is 8.03. The molecule has 1 aliphatic heterocycles. The van der Waals surface area contributed by atoms with Crippen LogP contribution in [0.4, 0.5) is 10.2 Å². The van der Waals surface area contributed by atoms with E-state index >= 15 is 0 Å². The number of ketones is 2. The van der Waals surface area contributed by atoms with Gasteiger partial charge in [-0.25, -0.2) is 4.39 Å². The molecule has 0 N–H and O–H groups in total. The van der Waals surface area contributed by atoms with E-state index in [9.17, 15) is 18.8 Å². The second-order valence-corrected chi connectivity index (χ2v) is 8.19. The molecule has 2 aromatic carbocycles. The third kappa shape index (κ3) is 3.82. The molecule has 3 aromatic rings. The second-order valence-electron chi connectivity index (χ2n) is 8.19. The summed E-state index contributed by atoms with van der Waals surface area (Å²) in [5.74, 6) is -3.41. The van der Waals surface area contributed by atoms with Crippen molar-refractivity contribution in [1.29, 1.82) is 0 Å². The van der Waals surface area contributed by atoms with Gasteiger partial charge in [0.1, 0.15) is 11.7 Å². The Balaban J connectivity index is 1.81. The largest absolute Gasteiger partial charge is 0.297 e. The van der Waals surface area contributed by atoms with Crippen molar-refractivity contribution in [2.45, 2.75) is 32.7 Å². The first kappa shape index (κ1) is 21.5. The maximum Gasteiger partial charge on any atom is 0.297 e. The number of hydrogen-bond donors (Lipinski definition) is 0. The van der Waals surface area contributed by atoms with Gasteiger partial charge in [-0.15, -0.1) is 5.10 Å². The van der Waals surface area contributed by atoms with Crippen molar-refractivity contribution in [2.75, 3.05) is 4.90 Å². The summed E-state index contributed by atoms with van der Waals surface area (Å²) in [7, 11) is 0. The monoisotopic (exact) mass is 431 g/mol. The second kappa shape index (κ2) is 8.42. The zero-order chi connectivity index (χ0) is 23.0. The van der Waals surface area contributed by atoms with Crippen LogP contribution >= 0.6 is 0 Å². The Labute approximate surface area is 185 Å². The van der Waals surface area contributed by atoms with Gasteiger partial charge in [0.05, 0.1) is 11.7 Å². The van der Waals surface area contributed by atoms with Gasteiger partial charge in [-0.2, -0.15) is 5.10 Å². The fraction of sp³-hybridized carbons (Fsp3) is 0.240. The highest BCUT2D eigenvalue weighted by molar-refractivity contribution is 6.48. The first-order valence-corrected chi connectivity index (χ1v) is 10.4. The van der Waals surface area contributed by atoms with Crippen molar-refractivity contribution in [2.24, 2.45) is 5.92 Å². The fourth-order valence-corrected chi connectivity index (χ4v) is 3.91. The normalized spacial score (nSPS) is 18.5. The van der Waals surface area contributed by atoms with E-state index in [0.29, 0.717) is 16.8 Å². The van der Waals surface area contributed by atoms with Crippen LogP contribution in [0.2, 0.25) is 0 Å². The molecule has 0 radical (unpaired) electrons. The van der Waals surface area contributed by atoms with Crippen molar-refractivity contribution in [3.63, 3.8) is 0 Å². The quantitative estimate of drug-likeness (QED) is 0.344. The molecule has 1 aromatic heterocycles. The lowest BCUT2D eigenvalue weighted by Crippen LogP contribution is -2.31. The van der Waals surface area contributed by atoms with Gasteiger partial charge < -0.3 is 0 Å². The van der Waals surface area contributed by atoms with Crippen molar-refractivity contribution in [3.05, 3.63) is 88.9 Å². The van der Waals surface area contributed by atoms with E-state index in [-0.39, 0.29) is 11.7 Å². The summed E-state index contributed by atoms with van der Waals surface area (Å²) in [5.41, 5.74) is 2.50. The Bertz CT molecular complexity index is 1170. The first-order chi connectivity index (χ1) is 15.3.